The van der Waals surface area contributed by atoms with Crippen molar-refractivity contribution in [1.82, 2.24) is 5.32 Å². The van der Waals surface area contributed by atoms with Crippen LogP contribution in [0.25, 0.3) is 0 Å². The summed E-state index contributed by atoms with van der Waals surface area (Å²) in [6, 6.07) is 3.72. The summed E-state index contributed by atoms with van der Waals surface area (Å²) in [4.78, 5) is 12.1. The molecule has 0 heterocycles. The number of nitrogens with one attached hydrogen (secondary N) is 1. The summed E-state index contributed by atoms with van der Waals surface area (Å²) >= 11 is 0. The van der Waals surface area contributed by atoms with Gasteiger partial charge in [0.2, 0.25) is 11.7 Å². The van der Waals surface area contributed by atoms with Crippen LogP contribution in [-0.2, 0) is 11.2 Å². The molecule has 0 saturated carbocycles. The van der Waals surface area contributed by atoms with Crippen LogP contribution < -0.4 is 19.5 Å². The van der Waals surface area contributed by atoms with Crippen LogP contribution in [0.1, 0.15) is 26.3 Å². The standard InChI is InChI=1S/C16H25NO4/c1-10(2)11(3)17-14(18)9-12-7-8-13(19-4)16(21-6)15(12)20-5/h7-8,10-11H,9H2,1-6H3,(H,17,18). The minimum Gasteiger partial charge on any atom is -0.493 e. The smallest absolute Gasteiger partial charge is 0.224 e. The van der Waals surface area contributed by atoms with E-state index in [0.717, 1.165) is 5.56 Å². The van der Waals surface area contributed by atoms with Crippen molar-refractivity contribution in [1.29, 1.82) is 0 Å². The van der Waals surface area contributed by atoms with Gasteiger partial charge in [-0.3, -0.25) is 4.79 Å². The molecule has 5 nitrogen and oxygen atoms in total. The Kier molecular flexibility index (Phi) is 6.34. The summed E-state index contributed by atoms with van der Waals surface area (Å²) in [5.74, 6) is 1.96. The maximum absolute atomic E-state index is 12.1. The van der Waals surface area contributed by atoms with Gasteiger partial charge in [-0.15, -0.1) is 0 Å². The molecule has 1 amide bonds. The molecule has 0 aliphatic heterocycles. The minimum absolute atomic E-state index is 0.0401. The molecular weight excluding hydrogens is 270 g/mol. The van der Waals surface area contributed by atoms with Crippen LogP contribution in [0.15, 0.2) is 12.1 Å². The fourth-order valence-corrected chi connectivity index (χ4v) is 1.95. The van der Waals surface area contributed by atoms with E-state index in [1.165, 1.54) is 0 Å². The van der Waals surface area contributed by atoms with Crippen molar-refractivity contribution in [2.45, 2.75) is 33.2 Å². The number of benzene rings is 1. The highest BCUT2D eigenvalue weighted by Crippen LogP contribution is 2.39. The van der Waals surface area contributed by atoms with E-state index in [4.69, 9.17) is 14.2 Å². The zero-order valence-electron chi connectivity index (χ0n) is 13.6. The third-order valence-electron chi connectivity index (χ3n) is 3.53. The predicted octanol–water partition coefficient (Wildman–Crippen LogP) is 2.42. The van der Waals surface area contributed by atoms with Crippen LogP contribution in [0.5, 0.6) is 17.2 Å². The van der Waals surface area contributed by atoms with E-state index in [1.807, 2.05) is 13.0 Å². The van der Waals surface area contributed by atoms with E-state index in [0.29, 0.717) is 23.2 Å². The zero-order valence-corrected chi connectivity index (χ0v) is 13.6. The average molecular weight is 295 g/mol. The molecule has 1 atom stereocenters. The van der Waals surface area contributed by atoms with E-state index in [9.17, 15) is 4.79 Å². The number of carbonyl (C=O) groups is 1. The Morgan fingerprint density at radius 1 is 1.05 bits per heavy atom. The van der Waals surface area contributed by atoms with E-state index in [-0.39, 0.29) is 18.4 Å². The fraction of sp³-hybridized carbons (Fsp3) is 0.562. The summed E-state index contributed by atoms with van der Waals surface area (Å²) in [6.45, 7) is 6.14. The second-order valence-corrected chi connectivity index (χ2v) is 5.27. The number of amides is 1. The second-order valence-electron chi connectivity index (χ2n) is 5.27. The first-order valence-electron chi connectivity index (χ1n) is 7.01. The molecule has 0 radical (unpaired) electrons. The summed E-state index contributed by atoms with van der Waals surface area (Å²) in [5, 5.41) is 2.98. The van der Waals surface area contributed by atoms with Gasteiger partial charge in [0, 0.05) is 11.6 Å². The SMILES string of the molecule is COc1ccc(CC(=O)NC(C)C(C)C)c(OC)c1OC. The molecule has 0 spiro atoms. The van der Waals surface area contributed by atoms with Gasteiger partial charge in [0.15, 0.2) is 11.5 Å². The molecule has 118 valence electrons. The van der Waals surface area contributed by atoms with Gasteiger partial charge in [0.05, 0.1) is 27.8 Å². The Morgan fingerprint density at radius 2 is 1.67 bits per heavy atom. The largest absolute Gasteiger partial charge is 0.493 e. The predicted molar refractivity (Wildman–Crippen MR) is 82.2 cm³/mol. The first kappa shape index (κ1) is 17.1. The highest BCUT2D eigenvalue weighted by molar-refractivity contribution is 5.80. The maximum Gasteiger partial charge on any atom is 0.224 e. The van der Waals surface area contributed by atoms with E-state index >= 15 is 0 Å². The lowest BCUT2D eigenvalue weighted by Gasteiger charge is -2.19. The number of hydrogen-bond donors (Lipinski definition) is 1. The lowest BCUT2D eigenvalue weighted by atomic mass is 10.1. The molecule has 1 aromatic carbocycles. The van der Waals surface area contributed by atoms with Gasteiger partial charge in [-0.1, -0.05) is 19.9 Å². The van der Waals surface area contributed by atoms with Crippen LogP contribution >= 0.6 is 0 Å². The van der Waals surface area contributed by atoms with Crippen LogP contribution in [-0.4, -0.2) is 33.3 Å². The van der Waals surface area contributed by atoms with Gasteiger partial charge < -0.3 is 19.5 Å². The molecular formula is C16H25NO4. The Balaban J connectivity index is 2.95. The molecule has 0 aliphatic rings. The van der Waals surface area contributed by atoms with E-state index < -0.39 is 0 Å². The monoisotopic (exact) mass is 295 g/mol. The van der Waals surface area contributed by atoms with Crippen LogP contribution in [0.2, 0.25) is 0 Å². The Hall–Kier alpha value is -1.91. The number of rotatable bonds is 7. The molecule has 0 bridgehead atoms. The van der Waals surface area contributed by atoms with Crippen molar-refractivity contribution >= 4 is 5.91 Å². The molecule has 1 N–H and O–H groups in total. The Bertz CT molecular complexity index is 485. The fourth-order valence-electron chi connectivity index (χ4n) is 1.95. The van der Waals surface area contributed by atoms with Gasteiger partial charge in [0.25, 0.3) is 0 Å². The Morgan fingerprint density at radius 3 is 2.14 bits per heavy atom. The Labute approximate surface area is 126 Å². The van der Waals surface area contributed by atoms with Gasteiger partial charge in [-0.05, 0) is 18.9 Å². The van der Waals surface area contributed by atoms with Gasteiger partial charge in [0.1, 0.15) is 0 Å². The minimum atomic E-state index is -0.0401. The van der Waals surface area contributed by atoms with E-state index in [2.05, 4.69) is 19.2 Å². The van der Waals surface area contributed by atoms with Gasteiger partial charge in [-0.25, -0.2) is 0 Å². The molecule has 1 unspecified atom stereocenters. The van der Waals surface area contributed by atoms with Crippen molar-refractivity contribution < 1.29 is 19.0 Å². The number of carbonyl (C=O) groups excluding carboxylic acids is 1. The zero-order chi connectivity index (χ0) is 16.0. The van der Waals surface area contributed by atoms with Crippen molar-refractivity contribution in [2.24, 2.45) is 5.92 Å². The highest BCUT2D eigenvalue weighted by Gasteiger charge is 2.19. The normalized spacial score (nSPS) is 12.0. The molecule has 1 aromatic rings. The third kappa shape index (κ3) is 4.28. The molecule has 1 rings (SSSR count). The molecule has 0 fully saturated rings. The first-order valence-corrected chi connectivity index (χ1v) is 7.01. The quantitative estimate of drug-likeness (QED) is 0.839. The van der Waals surface area contributed by atoms with Gasteiger partial charge in [-0.2, -0.15) is 0 Å². The summed E-state index contributed by atoms with van der Waals surface area (Å²) in [7, 11) is 4.66. The number of ether oxygens (including phenoxy) is 3. The molecule has 5 heteroatoms. The second kappa shape index (κ2) is 7.76. The first-order chi connectivity index (χ1) is 9.94. The summed E-state index contributed by atoms with van der Waals surface area (Å²) in [6.07, 6.45) is 0.237. The van der Waals surface area contributed by atoms with E-state index in [1.54, 1.807) is 27.4 Å². The number of hydrogen-bond acceptors (Lipinski definition) is 4. The van der Waals surface area contributed by atoms with Crippen molar-refractivity contribution in [3.05, 3.63) is 17.7 Å². The number of methoxy groups -OCH3 is 3. The van der Waals surface area contributed by atoms with Crippen molar-refractivity contribution in [3.63, 3.8) is 0 Å². The lowest BCUT2D eigenvalue weighted by molar-refractivity contribution is -0.121. The molecule has 0 aliphatic carbocycles. The van der Waals surface area contributed by atoms with Gasteiger partial charge >= 0.3 is 0 Å². The molecule has 21 heavy (non-hydrogen) atoms. The summed E-state index contributed by atoms with van der Waals surface area (Å²) < 4.78 is 15.9. The van der Waals surface area contributed by atoms with Crippen LogP contribution in [0, 0.1) is 5.92 Å². The van der Waals surface area contributed by atoms with Crippen molar-refractivity contribution in [2.75, 3.05) is 21.3 Å². The maximum atomic E-state index is 12.1. The highest BCUT2D eigenvalue weighted by atomic mass is 16.5. The lowest BCUT2D eigenvalue weighted by Crippen LogP contribution is -2.37. The van der Waals surface area contributed by atoms with Crippen LogP contribution in [0.3, 0.4) is 0 Å². The third-order valence-corrected chi connectivity index (χ3v) is 3.53. The van der Waals surface area contributed by atoms with Crippen LogP contribution in [0.4, 0.5) is 0 Å². The topological polar surface area (TPSA) is 56.8 Å². The molecule has 0 aromatic heterocycles. The molecule has 0 saturated heterocycles. The summed E-state index contributed by atoms with van der Waals surface area (Å²) in [5.41, 5.74) is 0.767. The van der Waals surface area contributed by atoms with Crippen molar-refractivity contribution in [3.8, 4) is 17.2 Å². The average Bonchev–Trinajstić information content (AvgIpc) is 2.46.